The van der Waals surface area contributed by atoms with Gasteiger partial charge in [-0.1, -0.05) is 24.3 Å². The molecule has 0 saturated carbocycles. The highest BCUT2D eigenvalue weighted by molar-refractivity contribution is 6.15. The van der Waals surface area contributed by atoms with Crippen LogP contribution in [0.2, 0.25) is 0 Å². The van der Waals surface area contributed by atoms with E-state index in [4.69, 9.17) is 17.2 Å². The minimum Gasteiger partial charge on any atom is -0.480 e. The Hall–Kier alpha value is -1.76. The van der Waals surface area contributed by atoms with Crippen molar-refractivity contribution in [3.8, 4) is 0 Å². The summed E-state index contributed by atoms with van der Waals surface area (Å²) in [6.45, 7) is 0.639. The molecule has 0 radical (unpaired) electrons. The lowest BCUT2D eigenvalue weighted by Gasteiger charge is -2.23. The molecule has 1 atom stereocenters. The second-order valence-electron chi connectivity index (χ2n) is 4.40. The van der Waals surface area contributed by atoms with E-state index in [9.17, 15) is 14.7 Å². The van der Waals surface area contributed by atoms with Crippen LogP contribution >= 0.6 is 0 Å². The highest BCUT2D eigenvalue weighted by Gasteiger charge is 2.41. The Morgan fingerprint density at radius 2 is 1.74 bits per heavy atom. The maximum absolute atomic E-state index is 12.2. The fourth-order valence-electron chi connectivity index (χ4n) is 1.75. The first-order chi connectivity index (χ1) is 8.95. The number of benzene rings is 1. The van der Waals surface area contributed by atoms with Gasteiger partial charge in [0, 0.05) is 12.1 Å². The molecule has 104 valence electrons. The molecule has 6 heteroatoms. The molecular formula is C13H19N3O3. The predicted molar refractivity (Wildman–Crippen MR) is 71.5 cm³/mol. The highest BCUT2D eigenvalue weighted by atomic mass is 16.4. The van der Waals surface area contributed by atoms with Crippen LogP contribution in [0.25, 0.3) is 0 Å². The molecule has 0 heterocycles. The number of Topliss-reactive ketones (excluding diaryl/α,β-unsaturated/α-hetero) is 1. The number of aliphatic carboxylic acids is 1. The lowest BCUT2D eigenvalue weighted by molar-refractivity contribution is -0.141. The van der Waals surface area contributed by atoms with Gasteiger partial charge in [0.1, 0.15) is 0 Å². The zero-order valence-corrected chi connectivity index (χ0v) is 10.6. The molecule has 0 aliphatic carbocycles. The van der Waals surface area contributed by atoms with Crippen molar-refractivity contribution >= 4 is 11.8 Å². The fraction of sp³-hybridized carbons (Fsp3) is 0.385. The fourth-order valence-corrected chi connectivity index (χ4v) is 1.75. The minimum atomic E-state index is -1.93. The molecule has 0 bridgehead atoms. The summed E-state index contributed by atoms with van der Waals surface area (Å²) < 4.78 is 0. The third-order valence-electron chi connectivity index (χ3n) is 3.01. The minimum absolute atomic E-state index is 0.0102. The van der Waals surface area contributed by atoms with E-state index in [0.29, 0.717) is 13.0 Å². The van der Waals surface area contributed by atoms with Crippen molar-refractivity contribution in [2.45, 2.75) is 24.9 Å². The number of nitrogens with two attached hydrogens (primary N) is 3. The van der Waals surface area contributed by atoms with Gasteiger partial charge in [0.05, 0.1) is 0 Å². The summed E-state index contributed by atoms with van der Waals surface area (Å²) in [5.41, 5.74) is 15.7. The van der Waals surface area contributed by atoms with Gasteiger partial charge >= 0.3 is 5.97 Å². The average molecular weight is 265 g/mol. The molecule has 1 aromatic carbocycles. The van der Waals surface area contributed by atoms with E-state index in [2.05, 4.69) is 0 Å². The Bertz CT molecular complexity index is 459. The van der Waals surface area contributed by atoms with E-state index in [1.165, 1.54) is 12.1 Å². The summed E-state index contributed by atoms with van der Waals surface area (Å²) in [7, 11) is 0. The van der Waals surface area contributed by atoms with Crippen molar-refractivity contribution in [1.29, 1.82) is 0 Å². The van der Waals surface area contributed by atoms with E-state index in [-0.39, 0.29) is 18.5 Å². The number of hydrogen-bond donors (Lipinski definition) is 4. The molecule has 7 N–H and O–H groups in total. The average Bonchev–Trinajstić information content (AvgIpc) is 2.43. The van der Waals surface area contributed by atoms with Crippen molar-refractivity contribution in [2.75, 3.05) is 6.54 Å². The molecule has 6 nitrogen and oxygen atoms in total. The zero-order valence-electron chi connectivity index (χ0n) is 10.6. The summed E-state index contributed by atoms with van der Waals surface area (Å²) >= 11 is 0. The van der Waals surface area contributed by atoms with Crippen molar-refractivity contribution in [1.82, 2.24) is 0 Å². The second-order valence-corrected chi connectivity index (χ2v) is 4.40. The van der Waals surface area contributed by atoms with Crippen LogP contribution in [-0.2, 0) is 11.3 Å². The molecule has 0 aromatic heterocycles. The third-order valence-corrected chi connectivity index (χ3v) is 3.01. The number of carbonyl (C=O) groups is 2. The van der Waals surface area contributed by atoms with Crippen molar-refractivity contribution in [3.05, 3.63) is 35.4 Å². The summed E-state index contributed by atoms with van der Waals surface area (Å²) in [6.07, 6.45) is 0.381. The number of carboxylic acids is 1. The quantitative estimate of drug-likeness (QED) is 0.400. The maximum atomic E-state index is 12.2. The Morgan fingerprint density at radius 3 is 2.16 bits per heavy atom. The van der Waals surface area contributed by atoms with Crippen molar-refractivity contribution < 1.29 is 14.7 Å². The van der Waals surface area contributed by atoms with Crippen LogP contribution < -0.4 is 17.2 Å². The Morgan fingerprint density at radius 1 is 1.16 bits per heavy atom. The topological polar surface area (TPSA) is 132 Å². The number of hydrogen-bond acceptors (Lipinski definition) is 5. The number of carboxylic acid groups (broad SMARTS) is 1. The van der Waals surface area contributed by atoms with Crippen LogP contribution in [-0.4, -0.2) is 28.9 Å². The van der Waals surface area contributed by atoms with E-state index in [1.54, 1.807) is 12.1 Å². The number of rotatable bonds is 7. The van der Waals surface area contributed by atoms with Crippen LogP contribution in [0, 0.1) is 0 Å². The largest absolute Gasteiger partial charge is 0.480 e. The molecule has 1 aromatic rings. The van der Waals surface area contributed by atoms with Gasteiger partial charge in [-0.15, -0.1) is 0 Å². The first-order valence-electron chi connectivity index (χ1n) is 6.02. The molecular weight excluding hydrogens is 246 g/mol. The summed E-state index contributed by atoms with van der Waals surface area (Å²) in [4.78, 5) is 23.5. The summed E-state index contributed by atoms with van der Waals surface area (Å²) in [5.74, 6) is -1.95. The molecule has 0 spiro atoms. The van der Waals surface area contributed by atoms with Crippen LogP contribution in [0.15, 0.2) is 24.3 Å². The molecule has 19 heavy (non-hydrogen) atoms. The van der Waals surface area contributed by atoms with Gasteiger partial charge in [0.2, 0.25) is 0 Å². The predicted octanol–water partition coefficient (Wildman–Crippen LogP) is -0.151. The summed E-state index contributed by atoms with van der Waals surface area (Å²) in [6, 6.07) is 6.44. The highest BCUT2D eigenvalue weighted by Crippen LogP contribution is 2.18. The number of ketones is 1. The monoisotopic (exact) mass is 265 g/mol. The van der Waals surface area contributed by atoms with Crippen LogP contribution in [0.1, 0.15) is 28.8 Å². The van der Waals surface area contributed by atoms with Crippen LogP contribution in [0.5, 0.6) is 0 Å². The van der Waals surface area contributed by atoms with E-state index in [1.807, 2.05) is 0 Å². The van der Waals surface area contributed by atoms with Gasteiger partial charge in [-0.2, -0.15) is 0 Å². The SMILES string of the molecule is NCCC[C@](N)(C(=O)O)C(=O)c1ccc(CN)cc1. The molecule has 0 saturated heterocycles. The first kappa shape index (κ1) is 15.3. The summed E-state index contributed by atoms with van der Waals surface area (Å²) in [5, 5.41) is 9.18. The van der Waals surface area contributed by atoms with Gasteiger partial charge in [0.25, 0.3) is 0 Å². The molecule has 0 fully saturated rings. The zero-order chi connectivity index (χ0) is 14.5. The maximum Gasteiger partial charge on any atom is 0.331 e. The molecule has 0 aliphatic heterocycles. The van der Waals surface area contributed by atoms with E-state index >= 15 is 0 Å². The second kappa shape index (κ2) is 6.42. The molecule has 0 unspecified atom stereocenters. The Balaban J connectivity index is 3.01. The molecule has 0 amide bonds. The Labute approximate surface area is 111 Å². The van der Waals surface area contributed by atoms with Gasteiger partial charge in [-0.3, -0.25) is 4.79 Å². The molecule has 0 aliphatic rings. The van der Waals surface area contributed by atoms with E-state index < -0.39 is 17.3 Å². The normalized spacial score (nSPS) is 13.8. The van der Waals surface area contributed by atoms with Gasteiger partial charge in [-0.25, -0.2) is 4.79 Å². The smallest absolute Gasteiger partial charge is 0.331 e. The van der Waals surface area contributed by atoms with E-state index in [0.717, 1.165) is 5.56 Å². The first-order valence-corrected chi connectivity index (χ1v) is 6.02. The van der Waals surface area contributed by atoms with Crippen molar-refractivity contribution in [2.24, 2.45) is 17.2 Å². The van der Waals surface area contributed by atoms with Crippen LogP contribution in [0.3, 0.4) is 0 Å². The third kappa shape index (κ3) is 3.37. The lowest BCUT2D eigenvalue weighted by Crippen LogP contribution is -2.55. The van der Waals surface area contributed by atoms with Gasteiger partial charge in [0.15, 0.2) is 11.3 Å². The lowest BCUT2D eigenvalue weighted by atomic mass is 9.85. The Kier molecular flexibility index (Phi) is 5.17. The van der Waals surface area contributed by atoms with Gasteiger partial charge in [-0.05, 0) is 24.9 Å². The van der Waals surface area contributed by atoms with Crippen LogP contribution in [0.4, 0.5) is 0 Å². The van der Waals surface area contributed by atoms with Gasteiger partial charge < -0.3 is 22.3 Å². The molecule has 1 rings (SSSR count). The standard InChI is InChI=1S/C13H19N3O3/c14-7-1-6-13(16,12(18)19)11(17)10-4-2-9(8-15)3-5-10/h2-5H,1,6-8,14-16H2,(H,18,19)/t13-/m1/s1. The number of carbonyl (C=O) groups excluding carboxylic acids is 1. The van der Waals surface area contributed by atoms with Crippen molar-refractivity contribution in [3.63, 3.8) is 0 Å².